The Balaban J connectivity index is 1.40. The van der Waals surface area contributed by atoms with Gasteiger partial charge >= 0.3 is 12.1 Å². The molecule has 0 radical (unpaired) electrons. The summed E-state index contributed by atoms with van der Waals surface area (Å²) in [5, 5.41) is 2.67. The first-order valence-electron chi connectivity index (χ1n) is 22.5. The van der Waals surface area contributed by atoms with Crippen molar-refractivity contribution in [2.24, 2.45) is 5.92 Å². The zero-order chi connectivity index (χ0) is 49.3. The van der Waals surface area contributed by atoms with E-state index in [4.69, 9.17) is 28.0 Å². The molecule has 0 spiro atoms. The molecule has 1 fully saturated rings. The van der Waals surface area contributed by atoms with Crippen molar-refractivity contribution < 1.29 is 50.8 Å². The van der Waals surface area contributed by atoms with Crippen molar-refractivity contribution in [2.45, 2.75) is 103 Å². The van der Waals surface area contributed by atoms with Crippen molar-refractivity contribution in [2.75, 3.05) is 46.3 Å². The Morgan fingerprint density at radius 2 is 1.49 bits per heavy atom. The average Bonchev–Trinajstić information content (AvgIpc) is 3.93. The second kappa shape index (κ2) is 22.8. The van der Waals surface area contributed by atoms with Gasteiger partial charge in [-0.2, -0.15) is 18.2 Å². The van der Waals surface area contributed by atoms with Crippen molar-refractivity contribution >= 4 is 37.5 Å². The number of imidazole rings is 1. The third-order valence-electron chi connectivity index (χ3n) is 11.5. The molecule has 5 aromatic rings. The van der Waals surface area contributed by atoms with Crippen LogP contribution in [0.3, 0.4) is 0 Å². The van der Waals surface area contributed by atoms with Gasteiger partial charge in [0, 0.05) is 38.0 Å². The monoisotopic (exact) mass is 967 g/mol. The number of benzene rings is 3. The number of amides is 2. The quantitative estimate of drug-likeness (QED) is 0.0385. The lowest BCUT2D eigenvalue weighted by molar-refractivity contribution is -0.184. The summed E-state index contributed by atoms with van der Waals surface area (Å²) in [6.07, 6.45) is -5.01. The molecule has 20 heteroatoms. The molecular weight excluding hydrogens is 907 g/mol. The number of rotatable bonds is 22. The van der Waals surface area contributed by atoms with Crippen LogP contribution in [0.15, 0.2) is 90.0 Å². The highest BCUT2D eigenvalue weighted by Gasteiger charge is 2.46. The maximum atomic E-state index is 13.3. The predicted molar refractivity (Wildman–Crippen MR) is 251 cm³/mol. The lowest BCUT2D eigenvalue weighted by Gasteiger charge is -2.39. The molecule has 0 bridgehead atoms. The number of aromatic nitrogens is 4. The van der Waals surface area contributed by atoms with Crippen LogP contribution in [0, 0.1) is 5.92 Å². The van der Waals surface area contributed by atoms with Gasteiger partial charge in [-0.1, -0.05) is 68.4 Å². The zero-order valence-corrected chi connectivity index (χ0v) is 40.7. The van der Waals surface area contributed by atoms with Crippen molar-refractivity contribution in [1.29, 1.82) is 0 Å². The fraction of sp³-hybridized carbons (Fsp3) is 0.479. The number of hydrogen-bond donors (Lipinski definition) is 2. The number of halogens is 3. The van der Waals surface area contributed by atoms with E-state index in [2.05, 4.69) is 24.9 Å². The SMILES string of the molecule is COc1ccc(C(OC[C@H]2O[C@@H](n3cnc4c(=O)[nH]c(NC(=O)C(C)C)nc43)C[C@@H]2OP(OCCCCN(C)C(=O)C(F)(F)F)N(C(C)C)C(C)C)(c2ccccc2)c2ccc(OC)cc2)cc1. The van der Waals surface area contributed by atoms with Crippen LogP contribution >= 0.6 is 8.53 Å². The van der Waals surface area contributed by atoms with Crippen LogP contribution in [-0.4, -0.2) is 112 Å². The number of alkyl halides is 3. The Morgan fingerprint density at radius 3 is 2.03 bits per heavy atom. The highest BCUT2D eigenvalue weighted by Crippen LogP contribution is 2.51. The summed E-state index contributed by atoms with van der Waals surface area (Å²) in [5.41, 5.74) is 0.833. The highest BCUT2D eigenvalue weighted by molar-refractivity contribution is 7.44. The molecule has 1 unspecified atom stereocenters. The molecule has 2 aromatic heterocycles. The van der Waals surface area contributed by atoms with Gasteiger partial charge in [-0.25, -0.2) is 9.65 Å². The van der Waals surface area contributed by atoms with Gasteiger partial charge < -0.3 is 32.9 Å². The fourth-order valence-corrected chi connectivity index (χ4v) is 9.82. The third kappa shape index (κ3) is 12.0. The first-order chi connectivity index (χ1) is 32.4. The fourth-order valence-electron chi connectivity index (χ4n) is 8.02. The normalized spacial score (nSPS) is 17.1. The summed E-state index contributed by atoms with van der Waals surface area (Å²) < 4.78 is 81.9. The Kier molecular flexibility index (Phi) is 17.4. The number of anilines is 1. The second-order valence-electron chi connectivity index (χ2n) is 17.3. The number of H-pyrrole nitrogens is 1. The smallest absolute Gasteiger partial charge is 0.471 e. The second-order valence-corrected chi connectivity index (χ2v) is 18.7. The van der Waals surface area contributed by atoms with E-state index in [-0.39, 0.29) is 73.6 Å². The maximum absolute atomic E-state index is 13.3. The van der Waals surface area contributed by atoms with Gasteiger partial charge in [-0.05, 0) is 81.5 Å². The molecule has 68 heavy (non-hydrogen) atoms. The zero-order valence-electron chi connectivity index (χ0n) is 39.8. The molecule has 4 atom stereocenters. The molecular formula is C48H61F3N7O9P. The van der Waals surface area contributed by atoms with Crippen LogP contribution in [0.1, 0.15) is 83.7 Å². The number of methoxy groups -OCH3 is 2. The summed E-state index contributed by atoms with van der Waals surface area (Å²) in [5.74, 6) is -1.37. The largest absolute Gasteiger partial charge is 0.497 e. The van der Waals surface area contributed by atoms with Crippen LogP contribution < -0.4 is 20.3 Å². The molecule has 368 valence electrons. The van der Waals surface area contributed by atoms with E-state index < -0.39 is 50.2 Å². The van der Waals surface area contributed by atoms with Gasteiger partial charge in [-0.3, -0.25) is 29.3 Å². The van der Waals surface area contributed by atoms with Gasteiger partial charge in [0.05, 0.1) is 39.9 Å². The number of nitrogens with zero attached hydrogens (tertiary/aromatic N) is 5. The van der Waals surface area contributed by atoms with Crippen molar-refractivity contribution in [3.05, 3.63) is 112 Å². The Hall–Kier alpha value is -5.43. The minimum atomic E-state index is -4.96. The van der Waals surface area contributed by atoms with E-state index in [1.165, 1.54) is 6.33 Å². The number of ether oxygens (including phenoxy) is 4. The van der Waals surface area contributed by atoms with Gasteiger partial charge in [-0.15, -0.1) is 0 Å². The van der Waals surface area contributed by atoms with Crippen LogP contribution in [0.4, 0.5) is 19.1 Å². The van der Waals surface area contributed by atoms with E-state index in [1.54, 1.807) is 32.6 Å². The Morgan fingerprint density at radius 1 is 0.897 bits per heavy atom. The standard InChI is InChI=1S/C48H61F3N7O9P/c1-30(2)43(59)54-46-53-42-41(44(60)55-46)52-29-57(42)40-27-38(67-68(58(31(3)4)32(5)6)65-26-14-13-25-56(7)45(61)48(49,50)51)39(66-40)28-64-47(33-15-11-10-12-16-33,34-17-21-36(62-8)22-18-34)35-19-23-37(63-9)24-20-35/h10-12,15-24,29-32,38-40H,13-14,25-28H2,1-9H3,(H2,53,54,55,59,60)/t38-,39+,40+,68?/m0/s1. The van der Waals surface area contributed by atoms with E-state index in [0.717, 1.165) is 23.7 Å². The summed E-state index contributed by atoms with van der Waals surface area (Å²) in [7, 11) is 2.47. The summed E-state index contributed by atoms with van der Waals surface area (Å²) >= 11 is 0. The Bertz CT molecular complexity index is 2430. The van der Waals surface area contributed by atoms with Gasteiger partial charge in [0.1, 0.15) is 29.4 Å². The molecule has 1 aliphatic rings. The van der Waals surface area contributed by atoms with Crippen molar-refractivity contribution in [1.82, 2.24) is 29.1 Å². The van der Waals surface area contributed by atoms with Gasteiger partial charge in [0.2, 0.25) is 11.9 Å². The number of nitrogens with one attached hydrogen (secondary N) is 2. The van der Waals surface area contributed by atoms with Gasteiger partial charge in [0.15, 0.2) is 11.2 Å². The number of fused-ring (bicyclic) bond motifs is 1. The summed E-state index contributed by atoms with van der Waals surface area (Å²) in [4.78, 5) is 50.0. The van der Waals surface area contributed by atoms with E-state index in [1.807, 2.05) is 107 Å². The molecule has 3 heterocycles. The molecule has 6 rings (SSSR count). The molecule has 0 saturated carbocycles. The topological polar surface area (TPSA) is 172 Å². The number of carbonyl (C=O) groups excluding carboxylic acids is 2. The number of aromatic amines is 1. The number of unbranched alkanes of at least 4 members (excludes halogenated alkanes) is 1. The van der Waals surface area contributed by atoms with Crippen molar-refractivity contribution in [3.63, 3.8) is 0 Å². The molecule has 16 nitrogen and oxygen atoms in total. The predicted octanol–water partition coefficient (Wildman–Crippen LogP) is 8.58. The molecule has 2 amide bonds. The number of carbonyl (C=O) groups is 2. The van der Waals surface area contributed by atoms with E-state index in [9.17, 15) is 27.6 Å². The molecule has 1 saturated heterocycles. The summed E-state index contributed by atoms with van der Waals surface area (Å²) in [6.45, 7) is 11.5. The van der Waals surface area contributed by atoms with Crippen LogP contribution in [0.5, 0.6) is 11.5 Å². The maximum Gasteiger partial charge on any atom is 0.471 e. The first-order valence-corrected chi connectivity index (χ1v) is 23.6. The van der Waals surface area contributed by atoms with Crippen LogP contribution in [-0.2, 0) is 33.7 Å². The molecule has 0 aliphatic carbocycles. The lowest BCUT2D eigenvalue weighted by Crippen LogP contribution is -2.39. The molecule has 2 N–H and O–H groups in total. The van der Waals surface area contributed by atoms with E-state index in [0.29, 0.717) is 22.8 Å². The highest BCUT2D eigenvalue weighted by atomic mass is 31.2. The van der Waals surface area contributed by atoms with Crippen molar-refractivity contribution in [3.8, 4) is 11.5 Å². The van der Waals surface area contributed by atoms with E-state index >= 15 is 0 Å². The van der Waals surface area contributed by atoms with Crippen LogP contribution in [0.25, 0.3) is 11.2 Å². The minimum absolute atomic E-state index is 0.0365. The minimum Gasteiger partial charge on any atom is -0.497 e. The first kappa shape index (κ1) is 52.0. The van der Waals surface area contributed by atoms with Gasteiger partial charge in [0.25, 0.3) is 14.1 Å². The lowest BCUT2D eigenvalue weighted by atomic mass is 9.80. The Labute approximate surface area is 395 Å². The average molecular weight is 968 g/mol. The molecule has 3 aromatic carbocycles. The summed E-state index contributed by atoms with van der Waals surface area (Å²) in [6, 6.07) is 24.9. The van der Waals surface area contributed by atoms with Crippen LogP contribution in [0.2, 0.25) is 0 Å². The third-order valence-corrected chi connectivity index (χ3v) is 13.6. The number of hydrogen-bond acceptors (Lipinski definition) is 12. The molecule has 1 aliphatic heterocycles.